The molecule has 0 aliphatic carbocycles. The molecule has 0 bridgehead atoms. The van der Waals surface area contributed by atoms with Gasteiger partial charge in [-0.1, -0.05) is 0 Å². The van der Waals surface area contributed by atoms with Crippen LogP contribution in [0.2, 0.25) is 0 Å². The molecular formula is C9H18N6O2. The minimum Gasteiger partial charge on any atom is -0.351 e. The topological polar surface area (TPSA) is 149 Å². The fraction of sp³-hybridized carbons (Fsp3) is 0.667. The molecule has 96 valence electrons. The largest absolute Gasteiger partial charge is 0.351 e. The van der Waals surface area contributed by atoms with Crippen LogP contribution in [0.5, 0.6) is 0 Å². The third-order valence-corrected chi connectivity index (χ3v) is 2.52. The molecule has 17 heavy (non-hydrogen) atoms. The number of nitrogens with one attached hydrogen (secondary N) is 2. The number of nitrogens with zero attached hydrogens (tertiary/aromatic N) is 1. The van der Waals surface area contributed by atoms with Crippen molar-refractivity contribution in [3.05, 3.63) is 0 Å². The normalized spacial score (nSPS) is 23.9. The lowest BCUT2D eigenvalue weighted by atomic mass is 9.92. The van der Waals surface area contributed by atoms with Crippen LogP contribution < -0.4 is 27.8 Å². The number of primary amides is 1. The molecule has 1 aliphatic heterocycles. The van der Waals surface area contributed by atoms with E-state index in [1.807, 2.05) is 0 Å². The van der Waals surface area contributed by atoms with Crippen molar-refractivity contribution in [1.29, 1.82) is 0 Å². The highest BCUT2D eigenvalue weighted by molar-refractivity contribution is 6.08. The SMILES string of the molecule is NCCCC[C@@]1(N)CN=C(NC(N)=O)NC1=O. The van der Waals surface area contributed by atoms with Crippen molar-refractivity contribution >= 4 is 17.9 Å². The number of carbonyl (C=O) groups excluding carboxylic acids is 2. The smallest absolute Gasteiger partial charge is 0.318 e. The van der Waals surface area contributed by atoms with Gasteiger partial charge in [0.05, 0.1) is 6.54 Å². The molecular weight excluding hydrogens is 224 g/mol. The Morgan fingerprint density at radius 1 is 1.53 bits per heavy atom. The van der Waals surface area contributed by atoms with E-state index in [1.165, 1.54) is 0 Å². The molecule has 0 fully saturated rings. The molecule has 0 spiro atoms. The highest BCUT2D eigenvalue weighted by Crippen LogP contribution is 2.14. The van der Waals surface area contributed by atoms with Gasteiger partial charge in [0.25, 0.3) is 0 Å². The van der Waals surface area contributed by atoms with E-state index in [2.05, 4.69) is 15.6 Å². The zero-order valence-electron chi connectivity index (χ0n) is 9.53. The molecule has 0 saturated heterocycles. The lowest BCUT2D eigenvalue weighted by Crippen LogP contribution is -2.63. The van der Waals surface area contributed by atoms with Crippen LogP contribution >= 0.6 is 0 Å². The van der Waals surface area contributed by atoms with Crippen molar-refractivity contribution in [3.8, 4) is 0 Å². The van der Waals surface area contributed by atoms with Gasteiger partial charge in [-0.05, 0) is 25.8 Å². The first-order valence-electron chi connectivity index (χ1n) is 5.39. The summed E-state index contributed by atoms with van der Waals surface area (Å²) in [5.41, 5.74) is 15.2. The average Bonchev–Trinajstić information content (AvgIpc) is 2.24. The van der Waals surface area contributed by atoms with Gasteiger partial charge in [-0.15, -0.1) is 0 Å². The Balaban J connectivity index is 2.58. The third-order valence-electron chi connectivity index (χ3n) is 2.52. The average molecular weight is 242 g/mol. The second-order valence-corrected chi connectivity index (χ2v) is 4.01. The lowest BCUT2D eigenvalue weighted by Gasteiger charge is -2.30. The van der Waals surface area contributed by atoms with Gasteiger partial charge in [0.2, 0.25) is 11.9 Å². The van der Waals surface area contributed by atoms with Crippen molar-refractivity contribution in [3.63, 3.8) is 0 Å². The molecule has 1 aliphatic rings. The Labute approximate surface area is 99.0 Å². The van der Waals surface area contributed by atoms with Crippen LogP contribution in [-0.4, -0.2) is 36.5 Å². The number of carbonyl (C=O) groups is 2. The standard InChI is InChI=1S/C9H18N6O2/c10-4-2-1-3-9(12)5-13-8(14-6(9)16)15-7(11)17/h1-5,10,12H2,(H4,11,13,14,15,16,17)/t9-/m1/s1. The van der Waals surface area contributed by atoms with Crippen LogP contribution in [0.3, 0.4) is 0 Å². The van der Waals surface area contributed by atoms with Gasteiger partial charge in [0.15, 0.2) is 0 Å². The molecule has 3 amide bonds. The predicted molar refractivity (Wildman–Crippen MR) is 63.0 cm³/mol. The van der Waals surface area contributed by atoms with Crippen LogP contribution in [0.15, 0.2) is 4.99 Å². The Morgan fingerprint density at radius 2 is 2.24 bits per heavy atom. The maximum atomic E-state index is 11.8. The first-order chi connectivity index (χ1) is 7.98. The summed E-state index contributed by atoms with van der Waals surface area (Å²) in [5.74, 6) is -0.323. The Bertz CT molecular complexity index is 342. The number of amides is 3. The molecule has 0 unspecified atom stereocenters. The van der Waals surface area contributed by atoms with E-state index in [9.17, 15) is 9.59 Å². The minimum absolute atomic E-state index is 0.0439. The molecule has 0 radical (unpaired) electrons. The number of guanidine groups is 1. The molecule has 1 atom stereocenters. The summed E-state index contributed by atoms with van der Waals surface area (Å²) in [6.07, 6.45) is 2.07. The number of urea groups is 1. The zero-order chi connectivity index (χ0) is 12.9. The van der Waals surface area contributed by atoms with E-state index in [0.29, 0.717) is 13.0 Å². The van der Waals surface area contributed by atoms with Gasteiger partial charge < -0.3 is 17.2 Å². The van der Waals surface area contributed by atoms with E-state index < -0.39 is 11.6 Å². The van der Waals surface area contributed by atoms with Gasteiger partial charge in [0, 0.05) is 0 Å². The monoisotopic (exact) mass is 242 g/mol. The number of hydrogen-bond acceptors (Lipinski definition) is 5. The number of nitrogens with two attached hydrogens (primary N) is 3. The van der Waals surface area contributed by atoms with E-state index in [-0.39, 0.29) is 18.4 Å². The Hall–Kier alpha value is -1.67. The van der Waals surface area contributed by atoms with Gasteiger partial charge in [-0.2, -0.15) is 0 Å². The molecule has 8 N–H and O–H groups in total. The first kappa shape index (κ1) is 13.4. The second-order valence-electron chi connectivity index (χ2n) is 4.01. The quantitative estimate of drug-likeness (QED) is 0.361. The van der Waals surface area contributed by atoms with Crippen molar-refractivity contribution in [2.75, 3.05) is 13.1 Å². The van der Waals surface area contributed by atoms with Crippen molar-refractivity contribution in [2.24, 2.45) is 22.2 Å². The van der Waals surface area contributed by atoms with Crippen LogP contribution in [0.1, 0.15) is 19.3 Å². The first-order valence-corrected chi connectivity index (χ1v) is 5.39. The predicted octanol–water partition coefficient (Wildman–Crippen LogP) is -2.03. The molecule has 1 rings (SSSR count). The molecule has 0 aromatic carbocycles. The highest BCUT2D eigenvalue weighted by Gasteiger charge is 2.37. The van der Waals surface area contributed by atoms with Crippen LogP contribution in [0.25, 0.3) is 0 Å². The van der Waals surface area contributed by atoms with Crippen molar-refractivity contribution < 1.29 is 9.59 Å². The summed E-state index contributed by atoms with van der Waals surface area (Å²) in [7, 11) is 0. The lowest BCUT2D eigenvalue weighted by molar-refractivity contribution is -0.125. The molecule has 8 heteroatoms. The van der Waals surface area contributed by atoms with Crippen LogP contribution in [0.4, 0.5) is 4.79 Å². The Kier molecular flexibility index (Phi) is 4.41. The van der Waals surface area contributed by atoms with Crippen molar-refractivity contribution in [1.82, 2.24) is 10.6 Å². The second kappa shape index (κ2) is 5.60. The zero-order valence-corrected chi connectivity index (χ0v) is 9.53. The molecule has 8 nitrogen and oxygen atoms in total. The van der Waals surface area contributed by atoms with E-state index >= 15 is 0 Å². The van der Waals surface area contributed by atoms with Crippen LogP contribution in [-0.2, 0) is 4.79 Å². The Morgan fingerprint density at radius 3 is 2.76 bits per heavy atom. The summed E-state index contributed by atoms with van der Waals surface area (Å²) in [5, 5.41) is 4.61. The van der Waals surface area contributed by atoms with E-state index in [0.717, 1.165) is 12.8 Å². The fourth-order valence-electron chi connectivity index (χ4n) is 1.53. The summed E-state index contributed by atoms with van der Waals surface area (Å²) >= 11 is 0. The summed E-state index contributed by atoms with van der Waals surface area (Å²) in [4.78, 5) is 26.3. The van der Waals surface area contributed by atoms with Gasteiger partial charge in [-0.25, -0.2) is 4.79 Å². The molecule has 0 aromatic heterocycles. The van der Waals surface area contributed by atoms with Gasteiger partial charge >= 0.3 is 6.03 Å². The van der Waals surface area contributed by atoms with Crippen molar-refractivity contribution in [2.45, 2.75) is 24.8 Å². The molecule has 0 aromatic rings. The number of unbranched alkanes of at least 4 members (excludes halogenated alkanes) is 1. The maximum absolute atomic E-state index is 11.8. The van der Waals surface area contributed by atoms with Gasteiger partial charge in [0.1, 0.15) is 5.54 Å². The number of rotatable bonds is 4. The minimum atomic E-state index is -1.03. The van der Waals surface area contributed by atoms with Crippen LogP contribution in [0, 0.1) is 0 Å². The maximum Gasteiger partial charge on any atom is 0.318 e. The summed E-state index contributed by atoms with van der Waals surface area (Å²) in [6.45, 7) is 0.689. The molecule has 1 heterocycles. The van der Waals surface area contributed by atoms with E-state index in [1.54, 1.807) is 0 Å². The fourth-order valence-corrected chi connectivity index (χ4v) is 1.53. The van der Waals surface area contributed by atoms with Gasteiger partial charge in [-0.3, -0.25) is 20.4 Å². The third kappa shape index (κ3) is 3.68. The summed E-state index contributed by atoms with van der Waals surface area (Å²) < 4.78 is 0. The molecule has 0 saturated carbocycles. The summed E-state index contributed by atoms with van der Waals surface area (Å²) in [6, 6.07) is -0.781. The number of aliphatic imine (C=N–C) groups is 1. The van der Waals surface area contributed by atoms with E-state index in [4.69, 9.17) is 17.2 Å². The highest BCUT2D eigenvalue weighted by atomic mass is 16.2. The number of hydrogen-bond donors (Lipinski definition) is 5.